The van der Waals surface area contributed by atoms with Crippen molar-refractivity contribution in [2.24, 2.45) is 0 Å². The van der Waals surface area contributed by atoms with Crippen molar-refractivity contribution in [2.75, 3.05) is 43.5 Å². The highest BCUT2D eigenvalue weighted by atomic mass is 16.5. The fraction of sp³-hybridized carbons (Fsp3) is 0.360. The molecule has 0 aliphatic carbocycles. The summed E-state index contributed by atoms with van der Waals surface area (Å²) in [4.78, 5) is 16.9. The zero-order valence-electron chi connectivity index (χ0n) is 18.3. The van der Waals surface area contributed by atoms with Crippen LogP contribution in [-0.4, -0.2) is 44.1 Å². The van der Waals surface area contributed by atoms with Crippen LogP contribution in [0.5, 0.6) is 5.75 Å². The second kappa shape index (κ2) is 11.1. The van der Waals surface area contributed by atoms with Crippen LogP contribution in [-0.2, 0) is 11.2 Å². The average Bonchev–Trinajstić information content (AvgIpc) is 2.82. The van der Waals surface area contributed by atoms with E-state index in [2.05, 4.69) is 17.1 Å². The second-order valence-electron chi connectivity index (χ2n) is 7.60. The molecular weight excluding hydrogens is 388 g/mol. The van der Waals surface area contributed by atoms with Gasteiger partial charge in [0.25, 0.3) is 5.91 Å². The third-order valence-electron chi connectivity index (χ3n) is 5.45. The third kappa shape index (κ3) is 6.02. The zero-order chi connectivity index (χ0) is 22.1. The molecule has 2 aromatic carbocycles. The summed E-state index contributed by atoms with van der Waals surface area (Å²) in [6.45, 7) is 5.20. The van der Waals surface area contributed by atoms with Crippen LogP contribution < -0.4 is 15.0 Å². The molecule has 1 amide bonds. The number of carbonyl (C=O) groups excluding carboxylic acids is 1. The predicted molar refractivity (Wildman–Crippen MR) is 124 cm³/mol. The third-order valence-corrected chi connectivity index (χ3v) is 5.45. The molecule has 1 saturated heterocycles. The molecule has 6 heteroatoms. The van der Waals surface area contributed by atoms with Crippen LogP contribution in [0, 0.1) is 11.3 Å². The number of benzene rings is 2. The van der Waals surface area contributed by atoms with Gasteiger partial charge in [0, 0.05) is 38.1 Å². The molecule has 0 spiro atoms. The van der Waals surface area contributed by atoms with Crippen LogP contribution in [0.3, 0.4) is 0 Å². The van der Waals surface area contributed by atoms with Gasteiger partial charge in [-0.2, -0.15) is 5.26 Å². The maximum absolute atomic E-state index is 12.6. The van der Waals surface area contributed by atoms with E-state index in [4.69, 9.17) is 4.74 Å². The summed E-state index contributed by atoms with van der Waals surface area (Å²) in [5.41, 5.74) is 3.13. The summed E-state index contributed by atoms with van der Waals surface area (Å²) in [6.07, 6.45) is 5.01. The summed E-state index contributed by atoms with van der Waals surface area (Å²) in [7, 11) is 1.67. The largest absolute Gasteiger partial charge is 0.495 e. The van der Waals surface area contributed by atoms with Gasteiger partial charge in [0.05, 0.1) is 12.8 Å². The first-order chi connectivity index (χ1) is 15.1. The van der Waals surface area contributed by atoms with Gasteiger partial charge in [-0.15, -0.1) is 0 Å². The van der Waals surface area contributed by atoms with Gasteiger partial charge in [-0.1, -0.05) is 37.6 Å². The molecule has 0 unspecified atom stereocenters. The summed E-state index contributed by atoms with van der Waals surface area (Å²) in [6, 6.07) is 17.8. The highest BCUT2D eigenvalue weighted by Gasteiger charge is 2.19. The van der Waals surface area contributed by atoms with Gasteiger partial charge >= 0.3 is 0 Å². The number of anilines is 2. The van der Waals surface area contributed by atoms with Gasteiger partial charge in [0.15, 0.2) is 0 Å². The van der Waals surface area contributed by atoms with Crippen molar-refractivity contribution < 1.29 is 9.53 Å². The van der Waals surface area contributed by atoms with Crippen molar-refractivity contribution in [1.82, 2.24) is 4.90 Å². The Morgan fingerprint density at radius 2 is 1.84 bits per heavy atom. The van der Waals surface area contributed by atoms with E-state index in [1.165, 1.54) is 5.56 Å². The maximum Gasteiger partial charge on any atom is 0.267 e. The monoisotopic (exact) mass is 418 g/mol. The van der Waals surface area contributed by atoms with Crippen LogP contribution >= 0.6 is 0 Å². The molecule has 31 heavy (non-hydrogen) atoms. The van der Waals surface area contributed by atoms with E-state index in [-0.39, 0.29) is 11.5 Å². The number of nitrogens with one attached hydrogen (secondary N) is 1. The number of hydrogen-bond acceptors (Lipinski definition) is 5. The molecule has 1 aliphatic heterocycles. The Morgan fingerprint density at radius 1 is 1.13 bits per heavy atom. The molecule has 1 aliphatic rings. The van der Waals surface area contributed by atoms with Gasteiger partial charge in [0.1, 0.15) is 17.4 Å². The topological polar surface area (TPSA) is 68.6 Å². The quantitative estimate of drug-likeness (QED) is 0.514. The molecule has 0 bridgehead atoms. The fourth-order valence-electron chi connectivity index (χ4n) is 3.64. The highest BCUT2D eigenvalue weighted by Crippen LogP contribution is 2.28. The van der Waals surface area contributed by atoms with Crippen LogP contribution in [0.1, 0.15) is 25.3 Å². The molecule has 162 valence electrons. The fourth-order valence-corrected chi connectivity index (χ4v) is 3.64. The van der Waals surface area contributed by atoms with Crippen molar-refractivity contribution in [3.8, 4) is 11.8 Å². The molecule has 1 N–H and O–H groups in total. The van der Waals surface area contributed by atoms with Crippen molar-refractivity contribution in [3.63, 3.8) is 0 Å². The van der Waals surface area contributed by atoms with E-state index >= 15 is 0 Å². The molecule has 6 nitrogen and oxygen atoms in total. The molecule has 0 saturated carbocycles. The number of amides is 1. The summed E-state index contributed by atoms with van der Waals surface area (Å²) < 4.78 is 5.46. The standard InChI is InChI=1S/C25H30N4O2/c1-3-4-7-20-10-12-22(13-11-20)27-25(30)21(18-26)19-28-14-16-29(17-15-28)23-8-5-6-9-24(23)31-2/h5-6,8-13,19H,3-4,7,14-17H2,1-2H3,(H,27,30)/b21-19-. The number of nitriles is 1. The highest BCUT2D eigenvalue weighted by molar-refractivity contribution is 6.06. The predicted octanol–water partition coefficient (Wildman–Crippen LogP) is 4.21. The number of piperazine rings is 1. The van der Waals surface area contributed by atoms with Crippen LogP contribution in [0.15, 0.2) is 60.3 Å². The summed E-state index contributed by atoms with van der Waals surface area (Å²) in [5.74, 6) is 0.472. The Morgan fingerprint density at radius 3 is 2.48 bits per heavy atom. The molecule has 3 rings (SSSR count). The minimum Gasteiger partial charge on any atom is -0.495 e. The summed E-state index contributed by atoms with van der Waals surface area (Å²) >= 11 is 0. The minimum atomic E-state index is -0.379. The lowest BCUT2D eigenvalue weighted by Gasteiger charge is -2.36. The SMILES string of the molecule is CCCCc1ccc(NC(=O)/C(C#N)=C\N2CCN(c3ccccc3OC)CC2)cc1. The molecular formula is C25H30N4O2. The molecule has 1 heterocycles. The molecule has 2 aromatic rings. The van der Waals surface area contributed by atoms with E-state index in [0.717, 1.165) is 56.9 Å². The number of unbranched alkanes of at least 4 members (excludes halogenated alkanes) is 1. The first-order valence-corrected chi connectivity index (χ1v) is 10.8. The molecule has 0 radical (unpaired) electrons. The molecule has 0 atom stereocenters. The smallest absolute Gasteiger partial charge is 0.267 e. The number of rotatable bonds is 8. The zero-order valence-corrected chi connectivity index (χ0v) is 18.3. The second-order valence-corrected chi connectivity index (χ2v) is 7.60. The van der Waals surface area contributed by atoms with E-state index in [1.54, 1.807) is 13.3 Å². The first-order valence-electron chi connectivity index (χ1n) is 10.8. The minimum absolute atomic E-state index is 0.112. The number of ether oxygens (including phenoxy) is 1. The lowest BCUT2D eigenvalue weighted by Crippen LogP contribution is -2.44. The maximum atomic E-state index is 12.6. The van der Waals surface area contributed by atoms with E-state index < -0.39 is 0 Å². The lowest BCUT2D eigenvalue weighted by atomic mass is 10.1. The van der Waals surface area contributed by atoms with Crippen LogP contribution in [0.4, 0.5) is 11.4 Å². The van der Waals surface area contributed by atoms with Crippen LogP contribution in [0.2, 0.25) is 0 Å². The van der Waals surface area contributed by atoms with E-state index in [1.807, 2.05) is 59.5 Å². The van der Waals surface area contributed by atoms with Gasteiger partial charge in [0.2, 0.25) is 0 Å². The number of hydrogen-bond donors (Lipinski definition) is 1. The number of nitrogens with zero attached hydrogens (tertiary/aromatic N) is 3. The van der Waals surface area contributed by atoms with E-state index in [9.17, 15) is 10.1 Å². The van der Waals surface area contributed by atoms with Crippen molar-refractivity contribution in [2.45, 2.75) is 26.2 Å². The van der Waals surface area contributed by atoms with Crippen molar-refractivity contribution in [3.05, 3.63) is 65.9 Å². The number of carbonyl (C=O) groups is 1. The van der Waals surface area contributed by atoms with Gasteiger partial charge in [-0.3, -0.25) is 4.79 Å². The van der Waals surface area contributed by atoms with Crippen molar-refractivity contribution in [1.29, 1.82) is 5.26 Å². The van der Waals surface area contributed by atoms with Gasteiger partial charge in [-0.05, 0) is 42.7 Å². The Labute approximate surface area is 184 Å². The molecule has 0 aromatic heterocycles. The van der Waals surface area contributed by atoms with Gasteiger partial charge in [-0.25, -0.2) is 0 Å². The summed E-state index contributed by atoms with van der Waals surface area (Å²) in [5, 5.41) is 12.3. The lowest BCUT2D eigenvalue weighted by molar-refractivity contribution is -0.112. The van der Waals surface area contributed by atoms with Gasteiger partial charge < -0.3 is 19.9 Å². The molecule has 1 fully saturated rings. The van der Waals surface area contributed by atoms with Crippen molar-refractivity contribution >= 4 is 17.3 Å². The number of aryl methyl sites for hydroxylation is 1. The Balaban J connectivity index is 1.58. The average molecular weight is 419 g/mol. The number of methoxy groups -OCH3 is 1. The Kier molecular flexibility index (Phi) is 7.94. The van der Waals surface area contributed by atoms with Crippen LogP contribution in [0.25, 0.3) is 0 Å². The number of para-hydroxylation sites is 2. The first kappa shape index (κ1) is 22.2. The Bertz CT molecular complexity index is 939. The Hall–Kier alpha value is -3.46. The van der Waals surface area contributed by atoms with E-state index in [0.29, 0.717) is 5.69 Å². The normalized spacial score (nSPS) is 14.2.